The molecule has 0 aromatic heterocycles. The van der Waals surface area contributed by atoms with Crippen molar-refractivity contribution in [2.24, 2.45) is 0 Å². The van der Waals surface area contributed by atoms with Crippen LogP contribution in [0, 0.1) is 5.82 Å². The van der Waals surface area contributed by atoms with Crippen molar-refractivity contribution < 1.29 is 14.3 Å². The topological polar surface area (TPSA) is 37.3 Å². The first-order valence-corrected chi connectivity index (χ1v) is 4.75. The number of hydrogen-bond acceptors (Lipinski definition) is 1. The monoisotopic (exact) mass is 208 g/mol. The van der Waals surface area contributed by atoms with Crippen molar-refractivity contribution in [3.63, 3.8) is 0 Å². The van der Waals surface area contributed by atoms with Crippen molar-refractivity contribution in [3.05, 3.63) is 47.8 Å². The van der Waals surface area contributed by atoms with E-state index in [9.17, 15) is 9.18 Å². The third kappa shape index (κ3) is 3.94. The fraction of sp³-hybridized carbons (Fsp3) is 0.250. The Morgan fingerprint density at radius 2 is 1.93 bits per heavy atom. The SMILES string of the molecule is C=C(CCCc1ccc(F)cc1)C(=O)O. The second kappa shape index (κ2) is 5.29. The maximum atomic E-state index is 12.6. The van der Waals surface area contributed by atoms with Gasteiger partial charge in [-0.25, -0.2) is 9.18 Å². The number of hydrogen-bond donors (Lipinski definition) is 1. The average molecular weight is 208 g/mol. The van der Waals surface area contributed by atoms with Gasteiger partial charge in [-0.3, -0.25) is 0 Å². The molecule has 0 radical (unpaired) electrons. The summed E-state index contributed by atoms with van der Waals surface area (Å²) in [6, 6.07) is 6.22. The smallest absolute Gasteiger partial charge is 0.330 e. The van der Waals surface area contributed by atoms with E-state index in [1.165, 1.54) is 12.1 Å². The van der Waals surface area contributed by atoms with Gasteiger partial charge in [0.2, 0.25) is 0 Å². The molecule has 15 heavy (non-hydrogen) atoms. The number of carboxylic acid groups (broad SMARTS) is 1. The lowest BCUT2D eigenvalue weighted by molar-refractivity contribution is -0.132. The molecule has 1 N–H and O–H groups in total. The van der Waals surface area contributed by atoms with E-state index in [-0.39, 0.29) is 11.4 Å². The summed E-state index contributed by atoms with van der Waals surface area (Å²) in [7, 11) is 0. The van der Waals surface area contributed by atoms with Crippen LogP contribution >= 0.6 is 0 Å². The Labute approximate surface area is 88.1 Å². The van der Waals surface area contributed by atoms with Gasteiger partial charge in [-0.1, -0.05) is 18.7 Å². The Morgan fingerprint density at radius 1 is 1.33 bits per heavy atom. The van der Waals surface area contributed by atoms with E-state index in [1.807, 2.05) is 0 Å². The standard InChI is InChI=1S/C12H13FO2/c1-9(12(14)15)3-2-4-10-5-7-11(13)8-6-10/h5-8H,1-4H2,(H,14,15). The van der Waals surface area contributed by atoms with Gasteiger partial charge in [0, 0.05) is 5.57 Å². The van der Waals surface area contributed by atoms with Crippen LogP contribution in [0.1, 0.15) is 18.4 Å². The Kier molecular flexibility index (Phi) is 4.03. The van der Waals surface area contributed by atoms with Gasteiger partial charge < -0.3 is 5.11 Å². The molecule has 80 valence electrons. The second-order valence-corrected chi connectivity index (χ2v) is 3.39. The minimum atomic E-state index is -0.950. The van der Waals surface area contributed by atoms with Crippen molar-refractivity contribution in [2.75, 3.05) is 0 Å². The van der Waals surface area contributed by atoms with Crippen molar-refractivity contribution in [1.29, 1.82) is 0 Å². The molecule has 0 bridgehead atoms. The number of carbonyl (C=O) groups is 1. The average Bonchev–Trinajstić information content (AvgIpc) is 2.20. The fourth-order valence-corrected chi connectivity index (χ4v) is 1.26. The molecule has 0 fully saturated rings. The highest BCUT2D eigenvalue weighted by Crippen LogP contribution is 2.10. The summed E-state index contributed by atoms with van der Waals surface area (Å²) in [5.41, 5.74) is 1.23. The largest absolute Gasteiger partial charge is 0.478 e. The van der Waals surface area contributed by atoms with Crippen molar-refractivity contribution in [2.45, 2.75) is 19.3 Å². The van der Waals surface area contributed by atoms with Crippen LogP contribution in [0.2, 0.25) is 0 Å². The normalized spacial score (nSPS) is 9.93. The second-order valence-electron chi connectivity index (χ2n) is 3.39. The van der Waals surface area contributed by atoms with Gasteiger partial charge in [-0.05, 0) is 37.0 Å². The van der Waals surface area contributed by atoms with Crippen molar-refractivity contribution >= 4 is 5.97 Å². The first-order chi connectivity index (χ1) is 7.09. The summed E-state index contributed by atoms with van der Waals surface area (Å²) in [6.07, 6.45) is 1.93. The summed E-state index contributed by atoms with van der Waals surface area (Å²) in [6.45, 7) is 3.44. The zero-order valence-electron chi connectivity index (χ0n) is 8.37. The molecule has 0 aliphatic carbocycles. The van der Waals surface area contributed by atoms with Crippen LogP contribution in [0.3, 0.4) is 0 Å². The maximum absolute atomic E-state index is 12.6. The molecule has 0 atom stereocenters. The molecule has 0 amide bonds. The number of benzene rings is 1. The van der Waals surface area contributed by atoms with E-state index in [1.54, 1.807) is 12.1 Å². The number of aryl methyl sites for hydroxylation is 1. The molecular weight excluding hydrogens is 195 g/mol. The van der Waals surface area contributed by atoms with E-state index >= 15 is 0 Å². The molecule has 0 unspecified atom stereocenters. The van der Waals surface area contributed by atoms with E-state index in [0.717, 1.165) is 18.4 Å². The minimum absolute atomic E-state index is 0.220. The summed E-state index contributed by atoms with van der Waals surface area (Å²) in [5.74, 6) is -1.21. The lowest BCUT2D eigenvalue weighted by atomic mass is 10.1. The van der Waals surface area contributed by atoms with Gasteiger partial charge in [0.25, 0.3) is 0 Å². The van der Waals surface area contributed by atoms with Gasteiger partial charge in [-0.2, -0.15) is 0 Å². The Morgan fingerprint density at radius 3 is 2.47 bits per heavy atom. The highest BCUT2D eigenvalue weighted by molar-refractivity contribution is 5.85. The third-order valence-electron chi connectivity index (χ3n) is 2.16. The highest BCUT2D eigenvalue weighted by atomic mass is 19.1. The Hall–Kier alpha value is -1.64. The van der Waals surface area contributed by atoms with Crippen LogP contribution in [0.15, 0.2) is 36.4 Å². The molecule has 2 nitrogen and oxygen atoms in total. The van der Waals surface area contributed by atoms with Crippen LogP contribution in [-0.4, -0.2) is 11.1 Å². The van der Waals surface area contributed by atoms with Gasteiger partial charge >= 0.3 is 5.97 Å². The Bertz CT molecular complexity index is 354. The number of halogens is 1. The summed E-state index contributed by atoms with van der Waals surface area (Å²) < 4.78 is 12.6. The molecule has 1 aromatic carbocycles. The van der Waals surface area contributed by atoms with Crippen LogP contribution < -0.4 is 0 Å². The first kappa shape index (κ1) is 11.4. The van der Waals surface area contributed by atoms with Gasteiger partial charge in [0.15, 0.2) is 0 Å². The molecule has 0 saturated heterocycles. The molecule has 0 heterocycles. The number of rotatable bonds is 5. The molecule has 3 heteroatoms. The predicted molar refractivity (Wildman–Crippen MR) is 56.1 cm³/mol. The highest BCUT2D eigenvalue weighted by Gasteiger charge is 2.03. The maximum Gasteiger partial charge on any atom is 0.330 e. The predicted octanol–water partition coefficient (Wildman–Crippen LogP) is 2.79. The molecule has 1 rings (SSSR count). The van der Waals surface area contributed by atoms with Crippen LogP contribution in [0.25, 0.3) is 0 Å². The first-order valence-electron chi connectivity index (χ1n) is 4.75. The molecule has 0 spiro atoms. The summed E-state index contributed by atoms with van der Waals surface area (Å²) >= 11 is 0. The number of carboxylic acids is 1. The lowest BCUT2D eigenvalue weighted by Crippen LogP contribution is -1.99. The molecule has 0 aliphatic rings. The third-order valence-corrected chi connectivity index (χ3v) is 2.16. The van der Waals surface area contributed by atoms with E-state index in [0.29, 0.717) is 6.42 Å². The summed E-state index contributed by atoms with van der Waals surface area (Å²) in [4.78, 5) is 10.4. The molecule has 0 saturated carbocycles. The molecule has 0 aliphatic heterocycles. The summed E-state index contributed by atoms with van der Waals surface area (Å²) in [5, 5.41) is 8.57. The van der Waals surface area contributed by atoms with E-state index in [4.69, 9.17) is 5.11 Å². The van der Waals surface area contributed by atoms with Crippen LogP contribution in [0.5, 0.6) is 0 Å². The molecular formula is C12H13FO2. The Balaban J connectivity index is 2.35. The fourth-order valence-electron chi connectivity index (χ4n) is 1.26. The van der Waals surface area contributed by atoms with Crippen LogP contribution in [-0.2, 0) is 11.2 Å². The van der Waals surface area contributed by atoms with Gasteiger partial charge in [0.05, 0.1) is 0 Å². The van der Waals surface area contributed by atoms with Gasteiger partial charge in [0.1, 0.15) is 5.82 Å². The number of aliphatic carboxylic acids is 1. The molecule has 1 aromatic rings. The van der Waals surface area contributed by atoms with Crippen molar-refractivity contribution in [1.82, 2.24) is 0 Å². The van der Waals surface area contributed by atoms with Crippen LogP contribution in [0.4, 0.5) is 4.39 Å². The van der Waals surface area contributed by atoms with E-state index < -0.39 is 5.97 Å². The quantitative estimate of drug-likeness (QED) is 0.755. The van der Waals surface area contributed by atoms with E-state index in [2.05, 4.69) is 6.58 Å². The zero-order chi connectivity index (χ0) is 11.3. The lowest BCUT2D eigenvalue weighted by Gasteiger charge is -2.01. The van der Waals surface area contributed by atoms with Gasteiger partial charge in [-0.15, -0.1) is 0 Å². The van der Waals surface area contributed by atoms with Crippen molar-refractivity contribution in [3.8, 4) is 0 Å². The zero-order valence-corrected chi connectivity index (χ0v) is 8.37. The minimum Gasteiger partial charge on any atom is -0.478 e.